The molecule has 110 valence electrons. The van der Waals surface area contributed by atoms with Crippen LogP contribution in [-0.2, 0) is 9.53 Å². The van der Waals surface area contributed by atoms with E-state index in [-0.39, 0.29) is 0 Å². The predicted molar refractivity (Wildman–Crippen MR) is 80.7 cm³/mol. The number of benzene rings is 1. The summed E-state index contributed by atoms with van der Waals surface area (Å²) in [6.45, 7) is 3.55. The highest BCUT2D eigenvalue weighted by molar-refractivity contribution is 5.81. The lowest BCUT2D eigenvalue weighted by molar-refractivity contribution is -0.141. The van der Waals surface area contributed by atoms with Gasteiger partial charge in [0.15, 0.2) is 6.04 Å². The Labute approximate surface area is 123 Å². The van der Waals surface area contributed by atoms with Gasteiger partial charge >= 0.3 is 5.97 Å². The molecule has 2 rings (SSSR count). The first kappa shape index (κ1) is 14.8. The number of hydrogen-bond donors (Lipinski definition) is 2. The van der Waals surface area contributed by atoms with Crippen molar-refractivity contribution in [3.8, 4) is 0 Å². The molecule has 21 heavy (non-hydrogen) atoms. The quantitative estimate of drug-likeness (QED) is 0.835. The minimum absolute atomic E-state index is 0.390. The highest BCUT2D eigenvalue weighted by atomic mass is 16.5. The Morgan fingerprint density at radius 2 is 1.90 bits per heavy atom. The average Bonchev–Trinajstić information content (AvgIpc) is 2.49. The number of rotatable bonds is 4. The number of nitrogen functional groups attached to an aromatic ring is 1. The van der Waals surface area contributed by atoms with Crippen LogP contribution in [0.15, 0.2) is 30.3 Å². The minimum atomic E-state index is -0.649. The fourth-order valence-electron chi connectivity index (χ4n) is 1.97. The van der Waals surface area contributed by atoms with Crippen LogP contribution in [0, 0.1) is 13.8 Å². The van der Waals surface area contributed by atoms with Gasteiger partial charge < -0.3 is 15.8 Å². The Morgan fingerprint density at radius 1 is 1.24 bits per heavy atom. The molecule has 2 aromatic rings. The van der Waals surface area contributed by atoms with Gasteiger partial charge in [0.05, 0.1) is 7.11 Å². The number of esters is 1. The number of aryl methyl sites for hydroxylation is 1. The monoisotopic (exact) mass is 286 g/mol. The third-order valence-corrected chi connectivity index (χ3v) is 3.15. The van der Waals surface area contributed by atoms with E-state index in [2.05, 4.69) is 15.3 Å². The number of ether oxygens (including phenoxy) is 1. The lowest BCUT2D eigenvalue weighted by atomic mass is 10.1. The van der Waals surface area contributed by atoms with Gasteiger partial charge in [-0.05, 0) is 19.4 Å². The summed E-state index contributed by atoms with van der Waals surface area (Å²) >= 11 is 0. The largest absolute Gasteiger partial charge is 0.467 e. The molecule has 0 aliphatic heterocycles. The standard InChI is InChI=1S/C15H18N4O2/c1-9-13(16)17-10(2)18-14(9)19-12(15(20)21-3)11-7-5-4-6-8-11/h4-8,12H,1-3H3,(H3,16,17,18,19). The van der Waals surface area contributed by atoms with Crippen LogP contribution < -0.4 is 11.1 Å². The zero-order valence-electron chi connectivity index (χ0n) is 12.3. The smallest absolute Gasteiger partial charge is 0.333 e. The number of anilines is 2. The third-order valence-electron chi connectivity index (χ3n) is 3.15. The third kappa shape index (κ3) is 3.28. The molecule has 1 aromatic carbocycles. The van der Waals surface area contributed by atoms with Crippen molar-refractivity contribution in [3.05, 3.63) is 47.3 Å². The number of nitrogens with two attached hydrogens (primary N) is 1. The van der Waals surface area contributed by atoms with E-state index in [1.54, 1.807) is 13.8 Å². The molecule has 1 aromatic heterocycles. The molecule has 1 unspecified atom stereocenters. The number of nitrogens with zero attached hydrogens (tertiary/aromatic N) is 2. The van der Waals surface area contributed by atoms with Gasteiger partial charge in [0.1, 0.15) is 17.5 Å². The Morgan fingerprint density at radius 3 is 2.52 bits per heavy atom. The van der Waals surface area contributed by atoms with Crippen LogP contribution in [0.3, 0.4) is 0 Å². The number of hydrogen-bond acceptors (Lipinski definition) is 6. The number of carbonyl (C=O) groups is 1. The molecular weight excluding hydrogens is 268 g/mol. The summed E-state index contributed by atoms with van der Waals surface area (Å²) in [6.07, 6.45) is 0. The van der Waals surface area contributed by atoms with Crippen molar-refractivity contribution >= 4 is 17.6 Å². The number of methoxy groups -OCH3 is 1. The lowest BCUT2D eigenvalue weighted by Crippen LogP contribution is -2.23. The zero-order chi connectivity index (χ0) is 15.4. The van der Waals surface area contributed by atoms with Crippen LogP contribution in [0.4, 0.5) is 11.6 Å². The maximum atomic E-state index is 12.0. The molecule has 1 heterocycles. The van der Waals surface area contributed by atoms with E-state index in [4.69, 9.17) is 10.5 Å². The van der Waals surface area contributed by atoms with Gasteiger partial charge in [-0.1, -0.05) is 30.3 Å². The summed E-state index contributed by atoms with van der Waals surface area (Å²) in [7, 11) is 1.35. The molecule has 0 saturated carbocycles. The van der Waals surface area contributed by atoms with Crippen molar-refractivity contribution in [2.24, 2.45) is 0 Å². The summed E-state index contributed by atoms with van der Waals surface area (Å²) < 4.78 is 4.86. The predicted octanol–water partition coefficient (Wildman–Crippen LogP) is 2.00. The van der Waals surface area contributed by atoms with E-state index in [0.717, 1.165) is 5.56 Å². The fourth-order valence-corrected chi connectivity index (χ4v) is 1.97. The summed E-state index contributed by atoms with van der Waals surface area (Å²) in [5.41, 5.74) is 7.33. The summed E-state index contributed by atoms with van der Waals surface area (Å²) in [5.74, 6) is 1.06. The summed E-state index contributed by atoms with van der Waals surface area (Å²) in [4.78, 5) is 20.4. The maximum absolute atomic E-state index is 12.0. The van der Waals surface area contributed by atoms with Crippen LogP contribution in [0.5, 0.6) is 0 Å². The fraction of sp³-hybridized carbons (Fsp3) is 0.267. The molecule has 0 aliphatic carbocycles. The van der Waals surface area contributed by atoms with Crippen LogP contribution in [0.2, 0.25) is 0 Å². The van der Waals surface area contributed by atoms with Crippen molar-refractivity contribution < 1.29 is 9.53 Å². The first-order chi connectivity index (χ1) is 10.0. The van der Waals surface area contributed by atoms with Crippen molar-refractivity contribution in [1.29, 1.82) is 0 Å². The molecule has 3 N–H and O–H groups in total. The molecule has 1 atom stereocenters. The molecule has 0 spiro atoms. The summed E-state index contributed by atoms with van der Waals surface area (Å²) in [5, 5.41) is 3.09. The molecule has 0 amide bonds. The van der Waals surface area contributed by atoms with E-state index in [0.29, 0.717) is 23.0 Å². The molecule has 0 radical (unpaired) electrons. The topological polar surface area (TPSA) is 90.1 Å². The zero-order valence-corrected chi connectivity index (χ0v) is 12.3. The van der Waals surface area contributed by atoms with Crippen LogP contribution >= 0.6 is 0 Å². The Bertz CT molecular complexity index is 644. The summed E-state index contributed by atoms with van der Waals surface area (Å²) in [6, 6.07) is 8.65. The maximum Gasteiger partial charge on any atom is 0.333 e. The average molecular weight is 286 g/mol. The van der Waals surface area contributed by atoms with E-state index in [9.17, 15) is 4.79 Å². The number of carbonyl (C=O) groups excluding carboxylic acids is 1. The second-order valence-corrected chi connectivity index (χ2v) is 4.64. The second kappa shape index (κ2) is 6.21. The lowest BCUT2D eigenvalue weighted by Gasteiger charge is -2.19. The van der Waals surface area contributed by atoms with Crippen molar-refractivity contribution in [2.75, 3.05) is 18.2 Å². The molecular formula is C15H18N4O2. The molecule has 0 fully saturated rings. The normalized spacial score (nSPS) is 11.8. The van der Waals surface area contributed by atoms with Gasteiger partial charge in [-0.3, -0.25) is 0 Å². The van der Waals surface area contributed by atoms with Gasteiger partial charge in [0.2, 0.25) is 0 Å². The van der Waals surface area contributed by atoms with Gasteiger partial charge in [-0.25, -0.2) is 14.8 Å². The molecule has 6 nitrogen and oxygen atoms in total. The van der Waals surface area contributed by atoms with Gasteiger partial charge in [-0.2, -0.15) is 0 Å². The molecule has 0 saturated heterocycles. The van der Waals surface area contributed by atoms with Crippen LogP contribution in [0.1, 0.15) is 23.0 Å². The van der Waals surface area contributed by atoms with Crippen molar-refractivity contribution in [3.63, 3.8) is 0 Å². The van der Waals surface area contributed by atoms with Gasteiger partial charge in [-0.15, -0.1) is 0 Å². The van der Waals surface area contributed by atoms with E-state index >= 15 is 0 Å². The first-order valence-corrected chi connectivity index (χ1v) is 6.53. The Hall–Kier alpha value is -2.63. The van der Waals surface area contributed by atoms with E-state index < -0.39 is 12.0 Å². The minimum Gasteiger partial charge on any atom is -0.467 e. The number of nitrogens with one attached hydrogen (secondary N) is 1. The van der Waals surface area contributed by atoms with E-state index in [1.807, 2.05) is 30.3 Å². The van der Waals surface area contributed by atoms with E-state index in [1.165, 1.54) is 7.11 Å². The van der Waals surface area contributed by atoms with Gasteiger partial charge in [0, 0.05) is 5.56 Å². The highest BCUT2D eigenvalue weighted by Crippen LogP contribution is 2.24. The molecule has 6 heteroatoms. The Kier molecular flexibility index (Phi) is 4.37. The molecule has 0 bridgehead atoms. The van der Waals surface area contributed by atoms with Crippen molar-refractivity contribution in [1.82, 2.24) is 9.97 Å². The van der Waals surface area contributed by atoms with Crippen LogP contribution in [-0.4, -0.2) is 23.0 Å². The highest BCUT2D eigenvalue weighted by Gasteiger charge is 2.23. The van der Waals surface area contributed by atoms with Crippen molar-refractivity contribution in [2.45, 2.75) is 19.9 Å². The van der Waals surface area contributed by atoms with Crippen LogP contribution in [0.25, 0.3) is 0 Å². The first-order valence-electron chi connectivity index (χ1n) is 6.53. The second-order valence-electron chi connectivity index (χ2n) is 4.64. The molecule has 0 aliphatic rings. The van der Waals surface area contributed by atoms with Gasteiger partial charge in [0.25, 0.3) is 0 Å². The Balaban J connectivity index is 2.39. The SMILES string of the molecule is COC(=O)C(Nc1nc(C)nc(N)c1C)c1ccccc1. The number of aromatic nitrogens is 2.